The van der Waals surface area contributed by atoms with E-state index < -0.39 is 12.3 Å². The number of azo groups is 1. The molecular weight excluding hydrogens is 549 g/mol. The van der Waals surface area contributed by atoms with Gasteiger partial charge < -0.3 is 10.1 Å². The smallest absolute Gasteiger partial charge is 0.433 e. The predicted molar refractivity (Wildman–Crippen MR) is 136 cm³/mol. The highest BCUT2D eigenvalue weighted by molar-refractivity contribution is 9.10. The van der Waals surface area contributed by atoms with Gasteiger partial charge in [-0.05, 0) is 62.2 Å². The Kier molecular flexibility index (Phi) is 7.25. The number of hydrogen-bond donors (Lipinski definition) is 1. The van der Waals surface area contributed by atoms with E-state index in [0.717, 1.165) is 28.1 Å². The van der Waals surface area contributed by atoms with Crippen molar-refractivity contribution in [3.63, 3.8) is 0 Å². The molecule has 1 unspecified atom stereocenters. The summed E-state index contributed by atoms with van der Waals surface area (Å²) in [5.74, 6) is 0.199. The molecule has 0 saturated heterocycles. The highest BCUT2D eigenvalue weighted by Gasteiger charge is 2.51. The zero-order chi connectivity index (χ0) is 26.0. The van der Waals surface area contributed by atoms with E-state index in [0.29, 0.717) is 23.3 Å². The molecule has 2 aromatic rings. The Balaban J connectivity index is 1.25. The molecule has 3 aliphatic rings. The van der Waals surface area contributed by atoms with Crippen molar-refractivity contribution in [3.05, 3.63) is 99.1 Å². The third kappa shape index (κ3) is 5.67. The molecule has 2 atom stereocenters. The first-order valence-corrected chi connectivity index (χ1v) is 12.6. The van der Waals surface area contributed by atoms with Crippen LogP contribution in [0.4, 0.5) is 13.2 Å². The molecule has 0 spiro atoms. The fraction of sp³-hybridized carbons (Fsp3) is 0.308. The molecule has 2 aliphatic heterocycles. The van der Waals surface area contributed by atoms with Gasteiger partial charge in [0.2, 0.25) is 5.90 Å². The van der Waals surface area contributed by atoms with E-state index in [4.69, 9.17) is 9.72 Å². The van der Waals surface area contributed by atoms with Gasteiger partial charge in [0.1, 0.15) is 6.61 Å². The summed E-state index contributed by atoms with van der Waals surface area (Å²) in [7, 11) is 0. The van der Waals surface area contributed by atoms with E-state index in [1.54, 1.807) is 6.08 Å². The molecule has 7 nitrogen and oxygen atoms in total. The van der Waals surface area contributed by atoms with Gasteiger partial charge in [-0.2, -0.15) is 13.2 Å². The highest BCUT2D eigenvalue weighted by atomic mass is 79.9. The number of allylic oxidation sites excluding steroid dienone is 3. The highest BCUT2D eigenvalue weighted by Crippen LogP contribution is 2.41. The van der Waals surface area contributed by atoms with E-state index >= 15 is 0 Å². The SMILES string of the molecule is CC(NCCc1cccc(Br)c1)c1cccc(COC2=NN3C(=C4CC=CC=C24)N=N[C@H]3C(F)(F)F)n1. The second kappa shape index (κ2) is 10.6. The van der Waals surface area contributed by atoms with Gasteiger partial charge in [-0.1, -0.05) is 46.3 Å². The standard InChI is InChI=1S/C26H24BrF3N6O/c1-16(31-13-12-17-6-4-7-18(27)14-17)22-11-5-8-19(32-22)15-37-24-21-10-3-2-9-20(21)23-33-34-25(26(28,29)30)36(23)35-24/h2-8,10-11,14,16,25,31H,9,12-13,15H2,1H3/t16?,25-/m1/s1. The number of ether oxygens (including phenoxy) is 1. The molecule has 0 amide bonds. The number of alkyl halides is 3. The summed E-state index contributed by atoms with van der Waals surface area (Å²) in [6.07, 6.45) is -0.0445. The third-order valence-electron chi connectivity index (χ3n) is 6.13. The van der Waals surface area contributed by atoms with Crippen molar-refractivity contribution in [2.45, 2.75) is 44.8 Å². The van der Waals surface area contributed by atoms with Crippen LogP contribution in [-0.2, 0) is 17.8 Å². The van der Waals surface area contributed by atoms with E-state index in [1.807, 2.05) is 49.4 Å². The Morgan fingerprint density at radius 1 is 1.22 bits per heavy atom. The zero-order valence-electron chi connectivity index (χ0n) is 19.9. The molecule has 192 valence electrons. The quantitative estimate of drug-likeness (QED) is 0.420. The fourth-order valence-electron chi connectivity index (χ4n) is 4.25. The Labute approximate surface area is 220 Å². The van der Waals surface area contributed by atoms with Crippen molar-refractivity contribution in [1.82, 2.24) is 15.3 Å². The third-order valence-corrected chi connectivity index (χ3v) is 6.62. The molecule has 1 aliphatic carbocycles. The maximum Gasteiger partial charge on any atom is 0.433 e. The Hall–Kier alpha value is -3.31. The van der Waals surface area contributed by atoms with Crippen LogP contribution in [-0.4, -0.2) is 34.8 Å². The molecule has 0 radical (unpaired) electrons. The lowest BCUT2D eigenvalue weighted by atomic mass is 9.96. The van der Waals surface area contributed by atoms with E-state index in [9.17, 15) is 13.2 Å². The van der Waals surface area contributed by atoms with Crippen molar-refractivity contribution in [2.75, 3.05) is 6.54 Å². The van der Waals surface area contributed by atoms with E-state index in [1.165, 1.54) is 5.56 Å². The van der Waals surface area contributed by atoms with Crippen LogP contribution in [0.3, 0.4) is 0 Å². The van der Waals surface area contributed by atoms with E-state index in [2.05, 4.69) is 48.7 Å². The summed E-state index contributed by atoms with van der Waals surface area (Å²) in [4.78, 5) is 4.70. The van der Waals surface area contributed by atoms with Gasteiger partial charge in [0.25, 0.3) is 6.17 Å². The van der Waals surface area contributed by atoms with Gasteiger partial charge >= 0.3 is 6.18 Å². The largest absolute Gasteiger partial charge is 0.470 e. The molecule has 0 fully saturated rings. The van der Waals surface area contributed by atoms with Gasteiger partial charge in [-0.15, -0.1) is 15.3 Å². The Morgan fingerprint density at radius 2 is 2.05 bits per heavy atom. The van der Waals surface area contributed by atoms with Gasteiger partial charge in [0.15, 0.2) is 5.82 Å². The lowest BCUT2D eigenvalue weighted by Gasteiger charge is -2.29. The number of rotatable bonds is 7. The van der Waals surface area contributed by atoms with Crippen molar-refractivity contribution in [1.29, 1.82) is 0 Å². The van der Waals surface area contributed by atoms with Crippen LogP contribution in [0.15, 0.2) is 97.5 Å². The Morgan fingerprint density at radius 3 is 2.86 bits per heavy atom. The molecule has 1 aromatic carbocycles. The van der Waals surface area contributed by atoms with Gasteiger partial charge in [-0.25, -0.2) is 5.01 Å². The van der Waals surface area contributed by atoms with Gasteiger partial charge in [0, 0.05) is 21.7 Å². The first-order chi connectivity index (χ1) is 17.8. The zero-order valence-corrected chi connectivity index (χ0v) is 21.5. The van der Waals surface area contributed by atoms with Crippen molar-refractivity contribution >= 4 is 21.8 Å². The topological polar surface area (TPSA) is 74.5 Å². The maximum atomic E-state index is 13.5. The lowest BCUT2D eigenvalue weighted by molar-refractivity contribution is -0.173. The average molecular weight is 573 g/mol. The van der Waals surface area contributed by atoms with Gasteiger partial charge in [0.05, 0.1) is 11.4 Å². The number of nitrogens with zero attached hydrogens (tertiary/aromatic N) is 5. The average Bonchev–Trinajstić information content (AvgIpc) is 3.32. The first-order valence-electron chi connectivity index (χ1n) is 11.8. The van der Waals surface area contributed by atoms with Crippen LogP contribution in [0.5, 0.6) is 0 Å². The summed E-state index contributed by atoms with van der Waals surface area (Å²) in [6, 6.07) is 13.8. The molecule has 1 N–H and O–H groups in total. The van der Waals surface area contributed by atoms with Crippen LogP contribution >= 0.6 is 15.9 Å². The summed E-state index contributed by atoms with van der Waals surface area (Å²) < 4.78 is 47.4. The molecule has 11 heteroatoms. The van der Waals surface area contributed by atoms with Crippen LogP contribution < -0.4 is 5.32 Å². The normalized spacial score (nSPS) is 19.4. The minimum Gasteiger partial charge on any atom is -0.470 e. The van der Waals surface area contributed by atoms with Crippen LogP contribution in [0, 0.1) is 0 Å². The van der Waals surface area contributed by atoms with Crippen molar-refractivity contribution in [3.8, 4) is 0 Å². The summed E-state index contributed by atoms with van der Waals surface area (Å²) >= 11 is 3.49. The maximum absolute atomic E-state index is 13.5. The summed E-state index contributed by atoms with van der Waals surface area (Å²) in [6.45, 7) is 2.87. The number of hydrazone groups is 1. The molecule has 3 heterocycles. The second-order valence-corrected chi connectivity index (χ2v) is 9.71. The van der Waals surface area contributed by atoms with E-state index in [-0.39, 0.29) is 24.4 Å². The number of benzene rings is 1. The molecule has 0 bridgehead atoms. The summed E-state index contributed by atoms with van der Waals surface area (Å²) in [5, 5.41) is 15.6. The van der Waals surface area contributed by atoms with Gasteiger partial charge in [-0.3, -0.25) is 4.98 Å². The number of nitrogens with one attached hydrogen (secondary N) is 1. The summed E-state index contributed by atoms with van der Waals surface area (Å²) in [5.41, 5.74) is 3.93. The minimum atomic E-state index is -4.61. The molecule has 5 rings (SSSR count). The second-order valence-electron chi connectivity index (χ2n) is 8.79. The minimum absolute atomic E-state index is 0.00257. The molecule has 37 heavy (non-hydrogen) atoms. The number of halogens is 4. The lowest BCUT2D eigenvalue weighted by Crippen LogP contribution is -2.40. The molecular formula is C26H24BrF3N6O. The fourth-order valence-corrected chi connectivity index (χ4v) is 4.69. The number of pyridine rings is 1. The van der Waals surface area contributed by atoms with Crippen LogP contribution in [0.1, 0.15) is 36.3 Å². The molecule has 1 aromatic heterocycles. The Bertz CT molecular complexity index is 1330. The number of fused-ring (bicyclic) bond motifs is 2. The molecule has 0 saturated carbocycles. The van der Waals surface area contributed by atoms with Crippen molar-refractivity contribution in [2.24, 2.45) is 15.3 Å². The number of hydrogen-bond acceptors (Lipinski definition) is 7. The first kappa shape index (κ1) is 25.3. The van der Waals surface area contributed by atoms with Crippen LogP contribution in [0.25, 0.3) is 0 Å². The number of aromatic nitrogens is 1. The predicted octanol–water partition coefficient (Wildman–Crippen LogP) is 6.34. The van der Waals surface area contributed by atoms with Crippen molar-refractivity contribution < 1.29 is 17.9 Å². The van der Waals surface area contributed by atoms with Crippen LogP contribution in [0.2, 0.25) is 0 Å². The monoisotopic (exact) mass is 572 g/mol.